The fraction of sp³-hybridized carbons (Fsp3) is 0.250. The van der Waals surface area contributed by atoms with E-state index in [-0.39, 0.29) is 17.5 Å². The van der Waals surface area contributed by atoms with Gasteiger partial charge in [0.25, 0.3) is 0 Å². The number of nitrogens with zero attached hydrogens (tertiary/aromatic N) is 1. The third kappa shape index (κ3) is 5.04. The summed E-state index contributed by atoms with van der Waals surface area (Å²) in [7, 11) is -2.14. The zero-order chi connectivity index (χ0) is 17.6. The molecule has 128 valence electrons. The number of urea groups is 1. The lowest BCUT2D eigenvalue weighted by molar-refractivity contribution is 0.240. The smallest absolute Gasteiger partial charge is 0.315 e. The van der Waals surface area contributed by atoms with E-state index in [4.69, 9.17) is 0 Å². The first kappa shape index (κ1) is 17.9. The summed E-state index contributed by atoms with van der Waals surface area (Å²) in [5.74, 6) is 0. The van der Waals surface area contributed by atoms with Crippen molar-refractivity contribution in [1.82, 2.24) is 20.3 Å². The summed E-state index contributed by atoms with van der Waals surface area (Å²) in [6.07, 6.45) is 1.71. The minimum Gasteiger partial charge on any atom is -0.334 e. The largest absolute Gasteiger partial charge is 0.334 e. The number of sulfonamides is 1. The van der Waals surface area contributed by atoms with Crippen molar-refractivity contribution < 1.29 is 13.2 Å². The molecule has 0 fully saturated rings. The minimum atomic E-state index is -3.49. The van der Waals surface area contributed by atoms with Gasteiger partial charge in [0, 0.05) is 25.0 Å². The van der Waals surface area contributed by atoms with Gasteiger partial charge in [-0.3, -0.25) is 4.98 Å². The number of aryl methyl sites for hydroxylation is 1. The molecule has 8 heteroatoms. The average Bonchev–Trinajstić information content (AvgIpc) is 2.59. The molecule has 3 N–H and O–H groups in total. The fourth-order valence-electron chi connectivity index (χ4n) is 1.97. The molecule has 0 saturated carbocycles. The van der Waals surface area contributed by atoms with Gasteiger partial charge in [-0.1, -0.05) is 18.2 Å². The van der Waals surface area contributed by atoms with Crippen molar-refractivity contribution in [3.05, 3.63) is 59.4 Å². The highest BCUT2D eigenvalue weighted by atomic mass is 32.2. The third-order valence-electron chi connectivity index (χ3n) is 3.36. The van der Waals surface area contributed by atoms with Crippen LogP contribution < -0.4 is 15.4 Å². The van der Waals surface area contributed by atoms with E-state index in [0.29, 0.717) is 12.1 Å². The van der Waals surface area contributed by atoms with Gasteiger partial charge < -0.3 is 10.6 Å². The van der Waals surface area contributed by atoms with Gasteiger partial charge in [-0.05, 0) is 43.3 Å². The monoisotopic (exact) mass is 348 g/mol. The van der Waals surface area contributed by atoms with Gasteiger partial charge in [-0.25, -0.2) is 17.9 Å². The van der Waals surface area contributed by atoms with Crippen LogP contribution in [-0.4, -0.2) is 26.5 Å². The first-order chi connectivity index (χ1) is 11.4. The van der Waals surface area contributed by atoms with Gasteiger partial charge in [-0.2, -0.15) is 0 Å². The molecular weight excluding hydrogens is 328 g/mol. The first-order valence-electron chi connectivity index (χ1n) is 7.36. The molecule has 0 atom stereocenters. The third-order valence-corrected chi connectivity index (χ3v) is 4.77. The number of hydrogen-bond acceptors (Lipinski definition) is 4. The number of rotatable bonds is 6. The van der Waals surface area contributed by atoms with Crippen molar-refractivity contribution in [2.45, 2.75) is 24.9 Å². The molecule has 0 saturated heterocycles. The molecule has 0 unspecified atom stereocenters. The predicted octanol–water partition coefficient (Wildman–Crippen LogP) is 1.30. The van der Waals surface area contributed by atoms with Crippen LogP contribution in [0.2, 0.25) is 0 Å². The highest BCUT2D eigenvalue weighted by molar-refractivity contribution is 7.89. The lowest BCUT2D eigenvalue weighted by Crippen LogP contribution is -2.34. The Balaban J connectivity index is 1.87. The number of aromatic nitrogens is 1. The topological polar surface area (TPSA) is 100 Å². The maximum absolute atomic E-state index is 11.8. The van der Waals surface area contributed by atoms with Gasteiger partial charge in [0.15, 0.2) is 0 Å². The van der Waals surface area contributed by atoms with E-state index in [9.17, 15) is 13.2 Å². The lowest BCUT2D eigenvalue weighted by atomic mass is 10.2. The Morgan fingerprint density at radius 3 is 2.42 bits per heavy atom. The Morgan fingerprint density at radius 1 is 1.08 bits per heavy atom. The van der Waals surface area contributed by atoms with Crippen molar-refractivity contribution in [2.75, 3.05) is 7.05 Å². The highest BCUT2D eigenvalue weighted by Gasteiger charge is 2.11. The highest BCUT2D eigenvalue weighted by Crippen LogP contribution is 2.10. The molecule has 2 amide bonds. The van der Waals surface area contributed by atoms with Crippen LogP contribution in [0.4, 0.5) is 4.79 Å². The number of amides is 2. The molecule has 1 aromatic heterocycles. The molecule has 1 aromatic carbocycles. The summed E-state index contributed by atoms with van der Waals surface area (Å²) in [4.78, 5) is 16.1. The Morgan fingerprint density at radius 2 is 1.79 bits per heavy atom. The van der Waals surface area contributed by atoms with Crippen LogP contribution in [0.5, 0.6) is 0 Å². The van der Waals surface area contributed by atoms with Crippen molar-refractivity contribution >= 4 is 16.1 Å². The molecule has 1 heterocycles. The van der Waals surface area contributed by atoms with Gasteiger partial charge in [0.05, 0.1) is 4.90 Å². The van der Waals surface area contributed by atoms with Crippen molar-refractivity contribution in [1.29, 1.82) is 0 Å². The second-order valence-corrected chi connectivity index (χ2v) is 7.09. The van der Waals surface area contributed by atoms with Gasteiger partial charge >= 0.3 is 6.03 Å². The molecule has 0 aliphatic carbocycles. The molecule has 0 aliphatic heterocycles. The van der Waals surface area contributed by atoms with Crippen molar-refractivity contribution in [3.63, 3.8) is 0 Å². The van der Waals surface area contributed by atoms with Gasteiger partial charge in [-0.15, -0.1) is 0 Å². The van der Waals surface area contributed by atoms with Crippen LogP contribution in [0.3, 0.4) is 0 Å². The number of benzene rings is 1. The van der Waals surface area contributed by atoms with Crippen molar-refractivity contribution in [2.24, 2.45) is 0 Å². The minimum absolute atomic E-state index is 0.162. The molecule has 24 heavy (non-hydrogen) atoms. The van der Waals surface area contributed by atoms with Crippen LogP contribution in [0.25, 0.3) is 0 Å². The average molecular weight is 348 g/mol. The molecule has 2 aromatic rings. The van der Waals surface area contributed by atoms with Crippen LogP contribution in [0, 0.1) is 6.92 Å². The number of nitrogens with one attached hydrogen (secondary N) is 3. The number of hydrogen-bond donors (Lipinski definition) is 3. The lowest BCUT2D eigenvalue weighted by Gasteiger charge is -2.09. The van der Waals surface area contributed by atoms with Crippen molar-refractivity contribution in [3.8, 4) is 0 Å². The summed E-state index contributed by atoms with van der Waals surface area (Å²) in [6.45, 7) is 2.49. The van der Waals surface area contributed by atoms with E-state index < -0.39 is 10.0 Å². The predicted molar refractivity (Wildman–Crippen MR) is 90.7 cm³/mol. The fourth-order valence-corrected chi connectivity index (χ4v) is 2.77. The molecule has 7 nitrogen and oxygen atoms in total. The Bertz CT molecular complexity index is 804. The summed E-state index contributed by atoms with van der Waals surface area (Å²) in [6, 6.07) is 9.85. The molecule has 2 rings (SSSR count). The van der Waals surface area contributed by atoms with Crippen LogP contribution in [-0.2, 0) is 23.1 Å². The van der Waals surface area contributed by atoms with E-state index in [1.54, 1.807) is 18.3 Å². The standard InChI is InChI=1S/C16H20N4O3S/c1-12-6-7-14(10-18-12)11-20-16(21)19-9-13-4-3-5-15(8-13)24(22,23)17-2/h3-8,10,17H,9,11H2,1-2H3,(H2,19,20,21). The van der Waals surface area contributed by atoms with E-state index in [2.05, 4.69) is 20.3 Å². The number of carbonyl (C=O) groups excluding carboxylic acids is 1. The number of carbonyl (C=O) groups is 1. The Labute approximate surface area is 141 Å². The molecule has 0 bridgehead atoms. The maximum Gasteiger partial charge on any atom is 0.315 e. The Kier molecular flexibility index (Phi) is 5.88. The second-order valence-electron chi connectivity index (χ2n) is 5.20. The number of pyridine rings is 1. The molecule has 0 radical (unpaired) electrons. The van der Waals surface area contributed by atoms with Gasteiger partial charge in [0.2, 0.25) is 10.0 Å². The maximum atomic E-state index is 11.8. The first-order valence-corrected chi connectivity index (χ1v) is 8.85. The van der Waals surface area contributed by atoms with Crippen LogP contribution in [0.1, 0.15) is 16.8 Å². The van der Waals surface area contributed by atoms with E-state index in [1.165, 1.54) is 19.2 Å². The summed E-state index contributed by atoms with van der Waals surface area (Å²) < 4.78 is 25.8. The second kappa shape index (κ2) is 7.89. The normalized spacial score (nSPS) is 11.1. The van der Waals surface area contributed by atoms with E-state index >= 15 is 0 Å². The molecule has 0 aliphatic rings. The van der Waals surface area contributed by atoms with E-state index in [0.717, 1.165) is 11.3 Å². The van der Waals surface area contributed by atoms with Crippen LogP contribution in [0.15, 0.2) is 47.5 Å². The summed E-state index contributed by atoms with van der Waals surface area (Å²) in [5.41, 5.74) is 2.51. The quantitative estimate of drug-likeness (QED) is 0.732. The zero-order valence-electron chi connectivity index (χ0n) is 13.5. The Hall–Kier alpha value is -2.45. The molecular formula is C16H20N4O3S. The summed E-state index contributed by atoms with van der Waals surface area (Å²) >= 11 is 0. The van der Waals surface area contributed by atoms with Gasteiger partial charge in [0.1, 0.15) is 0 Å². The summed E-state index contributed by atoms with van der Waals surface area (Å²) in [5, 5.41) is 5.42. The van der Waals surface area contributed by atoms with Crippen LogP contribution >= 0.6 is 0 Å². The zero-order valence-corrected chi connectivity index (χ0v) is 14.4. The molecule has 0 spiro atoms. The van der Waals surface area contributed by atoms with E-state index in [1.807, 2.05) is 19.1 Å². The SMILES string of the molecule is CNS(=O)(=O)c1cccc(CNC(=O)NCc2ccc(C)nc2)c1.